The first-order valence-corrected chi connectivity index (χ1v) is 7.27. The van der Waals surface area contributed by atoms with Crippen molar-refractivity contribution in [1.29, 1.82) is 0 Å². The normalized spacial score (nSPS) is 27.2. The molecule has 1 aliphatic heterocycles. The van der Waals surface area contributed by atoms with Gasteiger partial charge in [0.15, 0.2) is 0 Å². The lowest BCUT2D eigenvalue weighted by molar-refractivity contribution is 0.189. The Balaban J connectivity index is 2.32. The largest absolute Gasteiger partial charge is 0.452 e. The minimum absolute atomic E-state index is 0.00468. The fraction of sp³-hybridized carbons (Fsp3) is 0.636. The van der Waals surface area contributed by atoms with Gasteiger partial charge in [0.2, 0.25) is 5.09 Å². The molecule has 5 nitrogen and oxygen atoms in total. The molecule has 1 aromatic rings. The molecule has 1 saturated heterocycles. The summed E-state index contributed by atoms with van der Waals surface area (Å²) in [6.45, 7) is 2.91. The molecule has 17 heavy (non-hydrogen) atoms. The molecule has 2 heterocycles. The Morgan fingerprint density at radius 3 is 2.94 bits per heavy atom. The van der Waals surface area contributed by atoms with Gasteiger partial charge in [-0.05, 0) is 30.9 Å². The van der Waals surface area contributed by atoms with Gasteiger partial charge in [0, 0.05) is 19.1 Å². The zero-order valence-electron chi connectivity index (χ0n) is 9.87. The summed E-state index contributed by atoms with van der Waals surface area (Å²) in [4.78, 5) is 0. The third-order valence-corrected chi connectivity index (χ3v) is 5.18. The maximum atomic E-state index is 12.3. The van der Waals surface area contributed by atoms with E-state index in [0.29, 0.717) is 19.0 Å². The van der Waals surface area contributed by atoms with Crippen LogP contribution in [0, 0.1) is 5.92 Å². The second-order valence-corrected chi connectivity index (χ2v) is 6.29. The summed E-state index contributed by atoms with van der Waals surface area (Å²) in [7, 11) is -3.53. The highest BCUT2D eigenvalue weighted by Crippen LogP contribution is 2.28. The minimum Gasteiger partial charge on any atom is -0.452 e. The highest BCUT2D eigenvalue weighted by atomic mass is 32.2. The number of furan rings is 1. The fourth-order valence-corrected chi connectivity index (χ4v) is 4.06. The molecule has 1 aliphatic rings. The third-order valence-electron chi connectivity index (χ3n) is 3.36. The first-order chi connectivity index (χ1) is 8.07. The highest BCUT2D eigenvalue weighted by molar-refractivity contribution is 7.89. The molecular weight excluding hydrogens is 240 g/mol. The van der Waals surface area contributed by atoms with E-state index in [-0.39, 0.29) is 11.1 Å². The molecule has 0 spiro atoms. The molecular formula is C11H18N2O3S. The number of sulfonamides is 1. The SMILES string of the molecule is CC1CCCN(S(=O)(=O)c2ccco2)C1CN. The van der Waals surface area contributed by atoms with Crippen LogP contribution in [-0.4, -0.2) is 31.9 Å². The van der Waals surface area contributed by atoms with Crippen LogP contribution in [-0.2, 0) is 10.0 Å². The van der Waals surface area contributed by atoms with Gasteiger partial charge in [-0.3, -0.25) is 0 Å². The predicted octanol–water partition coefficient (Wildman–Crippen LogP) is 1.03. The molecule has 6 heteroatoms. The molecule has 1 fully saturated rings. The Hall–Kier alpha value is -0.850. The van der Waals surface area contributed by atoms with Gasteiger partial charge in [-0.15, -0.1) is 0 Å². The number of piperidine rings is 1. The smallest absolute Gasteiger partial charge is 0.276 e. The van der Waals surface area contributed by atoms with Crippen molar-refractivity contribution in [2.45, 2.75) is 30.9 Å². The first-order valence-electron chi connectivity index (χ1n) is 5.83. The van der Waals surface area contributed by atoms with Gasteiger partial charge < -0.3 is 10.2 Å². The molecule has 0 radical (unpaired) electrons. The van der Waals surface area contributed by atoms with Crippen molar-refractivity contribution in [3.8, 4) is 0 Å². The van der Waals surface area contributed by atoms with E-state index in [1.54, 1.807) is 6.07 Å². The molecule has 2 rings (SSSR count). The summed E-state index contributed by atoms with van der Waals surface area (Å²) in [5.41, 5.74) is 5.70. The van der Waals surface area contributed by atoms with Gasteiger partial charge in [0.25, 0.3) is 10.0 Å². The Bertz CT molecular complexity index is 455. The van der Waals surface area contributed by atoms with Crippen molar-refractivity contribution in [1.82, 2.24) is 4.31 Å². The summed E-state index contributed by atoms with van der Waals surface area (Å²) in [6.07, 6.45) is 3.27. The molecule has 2 unspecified atom stereocenters. The first kappa shape index (κ1) is 12.6. The standard InChI is InChI=1S/C11H18N2O3S/c1-9-4-2-6-13(10(9)8-12)17(14,15)11-5-3-7-16-11/h3,5,7,9-10H,2,4,6,8,12H2,1H3. The summed E-state index contributed by atoms with van der Waals surface area (Å²) in [6, 6.07) is 2.93. The predicted molar refractivity (Wildman–Crippen MR) is 63.8 cm³/mol. The van der Waals surface area contributed by atoms with Gasteiger partial charge in [-0.25, -0.2) is 8.42 Å². The lowest BCUT2D eigenvalue weighted by Gasteiger charge is -2.37. The number of rotatable bonds is 3. The molecule has 0 bridgehead atoms. The zero-order chi connectivity index (χ0) is 12.5. The van der Waals surface area contributed by atoms with Crippen LogP contribution in [0.2, 0.25) is 0 Å². The highest BCUT2D eigenvalue weighted by Gasteiger charge is 2.37. The van der Waals surface area contributed by atoms with Gasteiger partial charge >= 0.3 is 0 Å². The van der Waals surface area contributed by atoms with Crippen molar-refractivity contribution in [3.05, 3.63) is 18.4 Å². The van der Waals surface area contributed by atoms with E-state index in [1.807, 2.05) is 6.92 Å². The quantitative estimate of drug-likeness (QED) is 0.878. The van der Waals surface area contributed by atoms with Crippen molar-refractivity contribution >= 4 is 10.0 Å². The number of nitrogens with zero attached hydrogens (tertiary/aromatic N) is 1. The molecule has 2 atom stereocenters. The number of nitrogens with two attached hydrogens (primary N) is 1. The van der Waals surface area contributed by atoms with Crippen LogP contribution in [0.4, 0.5) is 0 Å². The lowest BCUT2D eigenvalue weighted by atomic mass is 9.93. The molecule has 0 saturated carbocycles. The van der Waals surface area contributed by atoms with Crippen LogP contribution >= 0.6 is 0 Å². The van der Waals surface area contributed by atoms with Crippen LogP contribution < -0.4 is 5.73 Å². The van der Waals surface area contributed by atoms with E-state index in [4.69, 9.17) is 10.2 Å². The summed E-state index contributed by atoms with van der Waals surface area (Å²) in [5, 5.41) is 0.00468. The monoisotopic (exact) mass is 258 g/mol. The molecule has 1 aromatic heterocycles. The third kappa shape index (κ3) is 2.25. The molecule has 0 aromatic carbocycles. The van der Waals surface area contributed by atoms with Crippen molar-refractivity contribution < 1.29 is 12.8 Å². The van der Waals surface area contributed by atoms with Gasteiger partial charge in [0.1, 0.15) is 0 Å². The maximum Gasteiger partial charge on any atom is 0.276 e. The average Bonchev–Trinajstić information content (AvgIpc) is 2.82. The van der Waals surface area contributed by atoms with Crippen LogP contribution in [0.15, 0.2) is 27.9 Å². The second kappa shape index (κ2) is 4.80. The number of hydrogen-bond acceptors (Lipinski definition) is 4. The van der Waals surface area contributed by atoms with Crippen molar-refractivity contribution in [3.63, 3.8) is 0 Å². The van der Waals surface area contributed by atoms with Crippen LogP contribution in [0.5, 0.6) is 0 Å². The van der Waals surface area contributed by atoms with Crippen LogP contribution in [0.1, 0.15) is 19.8 Å². The van der Waals surface area contributed by atoms with Crippen LogP contribution in [0.25, 0.3) is 0 Å². The lowest BCUT2D eigenvalue weighted by Crippen LogP contribution is -2.51. The summed E-state index contributed by atoms with van der Waals surface area (Å²) >= 11 is 0. The zero-order valence-corrected chi connectivity index (χ0v) is 10.7. The molecule has 0 amide bonds. The topological polar surface area (TPSA) is 76.5 Å². The summed E-state index contributed by atoms with van der Waals surface area (Å²) < 4.78 is 31.2. The molecule has 96 valence electrons. The van der Waals surface area contributed by atoms with E-state index in [2.05, 4.69) is 0 Å². The Morgan fingerprint density at radius 2 is 2.35 bits per heavy atom. The maximum absolute atomic E-state index is 12.3. The average molecular weight is 258 g/mol. The van der Waals surface area contributed by atoms with Crippen molar-refractivity contribution in [2.24, 2.45) is 11.7 Å². The molecule has 0 aliphatic carbocycles. The van der Waals surface area contributed by atoms with E-state index in [0.717, 1.165) is 12.8 Å². The Labute approximate surface area is 102 Å². The number of hydrogen-bond donors (Lipinski definition) is 1. The van der Waals surface area contributed by atoms with E-state index >= 15 is 0 Å². The Kier molecular flexibility index (Phi) is 3.56. The Morgan fingerprint density at radius 1 is 1.59 bits per heavy atom. The van der Waals surface area contributed by atoms with E-state index in [9.17, 15) is 8.42 Å². The van der Waals surface area contributed by atoms with Crippen molar-refractivity contribution in [2.75, 3.05) is 13.1 Å². The van der Waals surface area contributed by atoms with Gasteiger partial charge in [-0.2, -0.15) is 4.31 Å². The van der Waals surface area contributed by atoms with Gasteiger partial charge in [0.05, 0.1) is 6.26 Å². The molecule has 2 N–H and O–H groups in total. The van der Waals surface area contributed by atoms with E-state index < -0.39 is 10.0 Å². The second-order valence-electron chi connectivity index (χ2n) is 4.47. The fourth-order valence-electron chi connectivity index (χ4n) is 2.39. The van der Waals surface area contributed by atoms with E-state index in [1.165, 1.54) is 16.6 Å². The van der Waals surface area contributed by atoms with Crippen LogP contribution in [0.3, 0.4) is 0 Å². The minimum atomic E-state index is -3.53. The summed E-state index contributed by atoms with van der Waals surface area (Å²) in [5.74, 6) is 0.290. The van der Waals surface area contributed by atoms with Gasteiger partial charge in [-0.1, -0.05) is 6.92 Å².